The summed E-state index contributed by atoms with van der Waals surface area (Å²) in [6, 6.07) is 5.43. The van der Waals surface area contributed by atoms with Crippen molar-refractivity contribution in [2.24, 2.45) is 7.05 Å². The molecule has 0 spiro atoms. The van der Waals surface area contributed by atoms with Crippen molar-refractivity contribution >= 4 is 23.6 Å². The first-order valence-electron chi connectivity index (χ1n) is 6.01. The number of rotatable bonds is 4. The summed E-state index contributed by atoms with van der Waals surface area (Å²) in [4.78, 5) is 22.5. The Bertz CT molecular complexity index is 719. The number of carboxylic acids is 1. The third-order valence-electron chi connectivity index (χ3n) is 2.77. The van der Waals surface area contributed by atoms with Gasteiger partial charge in [0.05, 0.1) is 16.9 Å². The number of nitrogens with one attached hydrogen (secondary N) is 1. The third-order valence-corrected chi connectivity index (χ3v) is 2.77. The van der Waals surface area contributed by atoms with Gasteiger partial charge < -0.3 is 15.5 Å². The Morgan fingerprint density at radius 1 is 1.33 bits per heavy atom. The SMILES string of the molecule is Cn1nccc1/C=C/C(=O)Nc1ccc(C(=O)O)cc1O. The molecule has 0 aliphatic carbocycles. The molecule has 108 valence electrons. The van der Waals surface area contributed by atoms with E-state index in [0.29, 0.717) is 0 Å². The lowest BCUT2D eigenvalue weighted by atomic mass is 10.2. The van der Waals surface area contributed by atoms with Crippen LogP contribution in [0.25, 0.3) is 6.08 Å². The van der Waals surface area contributed by atoms with Crippen LogP contribution in [0.3, 0.4) is 0 Å². The van der Waals surface area contributed by atoms with Crippen LogP contribution in [0, 0.1) is 0 Å². The van der Waals surface area contributed by atoms with Gasteiger partial charge in [-0.2, -0.15) is 5.10 Å². The van der Waals surface area contributed by atoms with Crippen molar-refractivity contribution < 1.29 is 19.8 Å². The number of benzene rings is 1. The first kappa shape index (κ1) is 14.3. The molecule has 1 aromatic heterocycles. The Morgan fingerprint density at radius 3 is 2.67 bits per heavy atom. The summed E-state index contributed by atoms with van der Waals surface area (Å²) in [6.45, 7) is 0. The van der Waals surface area contributed by atoms with E-state index in [9.17, 15) is 14.7 Å². The molecule has 7 heteroatoms. The second-order valence-electron chi connectivity index (χ2n) is 4.24. The summed E-state index contributed by atoms with van der Waals surface area (Å²) < 4.78 is 1.60. The molecule has 0 aliphatic rings. The number of anilines is 1. The lowest BCUT2D eigenvalue weighted by molar-refractivity contribution is -0.111. The minimum absolute atomic E-state index is 0.0593. The van der Waals surface area contributed by atoms with E-state index in [2.05, 4.69) is 10.4 Å². The molecule has 3 N–H and O–H groups in total. The van der Waals surface area contributed by atoms with Crippen LogP contribution >= 0.6 is 0 Å². The number of nitrogens with zero attached hydrogens (tertiary/aromatic N) is 2. The molecule has 21 heavy (non-hydrogen) atoms. The smallest absolute Gasteiger partial charge is 0.335 e. The fraction of sp³-hybridized carbons (Fsp3) is 0.0714. The number of hydrogen-bond acceptors (Lipinski definition) is 4. The maximum absolute atomic E-state index is 11.7. The number of amides is 1. The average Bonchev–Trinajstić information content (AvgIpc) is 2.84. The van der Waals surface area contributed by atoms with Gasteiger partial charge in [-0.1, -0.05) is 0 Å². The van der Waals surface area contributed by atoms with Crippen molar-refractivity contribution in [2.45, 2.75) is 0 Å². The number of carboxylic acid groups (broad SMARTS) is 1. The summed E-state index contributed by atoms with van der Waals surface area (Å²) in [5, 5.41) is 24.9. The van der Waals surface area contributed by atoms with E-state index in [0.717, 1.165) is 11.8 Å². The van der Waals surface area contributed by atoms with Crippen LogP contribution in [0.1, 0.15) is 16.1 Å². The highest BCUT2D eigenvalue weighted by atomic mass is 16.4. The quantitative estimate of drug-likeness (QED) is 0.583. The number of carbonyl (C=O) groups is 2. The van der Waals surface area contributed by atoms with Crippen molar-refractivity contribution in [1.82, 2.24) is 9.78 Å². The zero-order valence-corrected chi connectivity index (χ0v) is 11.1. The van der Waals surface area contributed by atoms with Gasteiger partial charge in [-0.3, -0.25) is 9.48 Å². The van der Waals surface area contributed by atoms with Crippen LogP contribution in [-0.4, -0.2) is 31.9 Å². The van der Waals surface area contributed by atoms with Gasteiger partial charge in [-0.25, -0.2) is 4.79 Å². The highest BCUT2D eigenvalue weighted by Crippen LogP contribution is 2.24. The number of phenols is 1. The molecule has 2 aromatic rings. The topological polar surface area (TPSA) is 104 Å². The monoisotopic (exact) mass is 287 g/mol. The molecule has 0 fully saturated rings. The average molecular weight is 287 g/mol. The van der Waals surface area contributed by atoms with E-state index in [1.165, 1.54) is 18.2 Å². The second-order valence-corrected chi connectivity index (χ2v) is 4.24. The highest BCUT2D eigenvalue weighted by molar-refractivity contribution is 6.03. The van der Waals surface area contributed by atoms with Crippen molar-refractivity contribution in [3.63, 3.8) is 0 Å². The molecule has 0 saturated carbocycles. The van der Waals surface area contributed by atoms with Crippen LogP contribution in [-0.2, 0) is 11.8 Å². The Morgan fingerprint density at radius 2 is 2.10 bits per heavy atom. The standard InChI is InChI=1S/C14H13N3O4/c1-17-10(6-7-15-17)3-5-13(19)16-11-4-2-9(14(20)21)8-12(11)18/h2-8,18H,1H3,(H,16,19)(H,20,21)/b5-3+. The molecule has 0 bridgehead atoms. The van der Waals surface area contributed by atoms with E-state index in [1.54, 1.807) is 30.1 Å². The van der Waals surface area contributed by atoms with E-state index < -0.39 is 11.9 Å². The zero-order valence-electron chi connectivity index (χ0n) is 11.1. The number of phenolic OH excluding ortho intramolecular Hbond substituents is 1. The van der Waals surface area contributed by atoms with E-state index >= 15 is 0 Å². The molecule has 0 radical (unpaired) electrons. The van der Waals surface area contributed by atoms with Gasteiger partial charge in [0.25, 0.3) is 0 Å². The molecule has 7 nitrogen and oxygen atoms in total. The number of hydrogen-bond donors (Lipinski definition) is 3. The first-order chi connectivity index (χ1) is 9.97. The number of aromatic carboxylic acids is 1. The van der Waals surface area contributed by atoms with Gasteiger partial charge in [-0.15, -0.1) is 0 Å². The summed E-state index contributed by atoms with van der Waals surface area (Å²) in [7, 11) is 1.74. The van der Waals surface area contributed by atoms with Gasteiger partial charge in [0.1, 0.15) is 5.75 Å². The van der Waals surface area contributed by atoms with Gasteiger partial charge in [-0.05, 0) is 30.3 Å². The van der Waals surface area contributed by atoms with Crippen LogP contribution in [0.15, 0.2) is 36.5 Å². The molecular weight excluding hydrogens is 274 g/mol. The van der Waals surface area contributed by atoms with Crippen molar-refractivity contribution in [2.75, 3.05) is 5.32 Å². The predicted octanol–water partition coefficient (Wildman–Crippen LogP) is 1.48. The Hall–Kier alpha value is -3.09. The lowest BCUT2D eigenvalue weighted by Crippen LogP contribution is -2.08. The number of aryl methyl sites for hydroxylation is 1. The van der Waals surface area contributed by atoms with Crippen LogP contribution < -0.4 is 5.32 Å². The Kier molecular flexibility index (Phi) is 4.03. The summed E-state index contributed by atoms with van der Waals surface area (Å²) in [5.74, 6) is -1.91. The van der Waals surface area contributed by atoms with E-state index in [4.69, 9.17) is 5.11 Å². The molecular formula is C14H13N3O4. The van der Waals surface area contributed by atoms with Crippen molar-refractivity contribution in [1.29, 1.82) is 0 Å². The fourth-order valence-corrected chi connectivity index (χ4v) is 1.65. The maximum atomic E-state index is 11.7. The summed E-state index contributed by atoms with van der Waals surface area (Å²) >= 11 is 0. The van der Waals surface area contributed by atoms with E-state index in [1.807, 2.05) is 0 Å². The van der Waals surface area contributed by atoms with Crippen LogP contribution in [0.4, 0.5) is 5.69 Å². The fourth-order valence-electron chi connectivity index (χ4n) is 1.65. The second kappa shape index (κ2) is 5.91. The predicted molar refractivity (Wildman–Crippen MR) is 75.9 cm³/mol. The molecule has 1 heterocycles. The zero-order chi connectivity index (χ0) is 15.4. The summed E-state index contributed by atoms with van der Waals surface area (Å²) in [5.41, 5.74) is 0.825. The van der Waals surface area contributed by atoms with Crippen molar-refractivity contribution in [3.05, 3.63) is 47.8 Å². The molecule has 0 saturated heterocycles. The number of aromatic nitrogens is 2. The highest BCUT2D eigenvalue weighted by Gasteiger charge is 2.09. The Labute approximate surface area is 120 Å². The molecule has 0 unspecified atom stereocenters. The lowest BCUT2D eigenvalue weighted by Gasteiger charge is -2.05. The third kappa shape index (κ3) is 3.47. The molecule has 0 aliphatic heterocycles. The Balaban J connectivity index is 2.08. The minimum Gasteiger partial charge on any atom is -0.506 e. The largest absolute Gasteiger partial charge is 0.506 e. The number of carbonyl (C=O) groups excluding carboxylic acids is 1. The molecule has 1 amide bonds. The minimum atomic E-state index is -1.15. The van der Waals surface area contributed by atoms with Crippen molar-refractivity contribution in [3.8, 4) is 5.75 Å². The van der Waals surface area contributed by atoms with E-state index in [-0.39, 0.29) is 17.0 Å². The van der Waals surface area contributed by atoms with Gasteiger partial charge in [0.2, 0.25) is 5.91 Å². The normalized spacial score (nSPS) is 10.7. The summed E-state index contributed by atoms with van der Waals surface area (Å²) in [6.07, 6.45) is 4.47. The van der Waals surface area contributed by atoms with Gasteiger partial charge in [0.15, 0.2) is 0 Å². The maximum Gasteiger partial charge on any atom is 0.335 e. The molecule has 1 aromatic carbocycles. The van der Waals surface area contributed by atoms with Gasteiger partial charge >= 0.3 is 5.97 Å². The van der Waals surface area contributed by atoms with Crippen LogP contribution in [0.5, 0.6) is 5.75 Å². The first-order valence-corrected chi connectivity index (χ1v) is 6.01. The van der Waals surface area contributed by atoms with Gasteiger partial charge in [0, 0.05) is 19.3 Å². The van der Waals surface area contributed by atoms with Crippen LogP contribution in [0.2, 0.25) is 0 Å². The molecule has 0 atom stereocenters. The number of aromatic hydroxyl groups is 1. The molecule has 2 rings (SSSR count).